The van der Waals surface area contributed by atoms with Crippen molar-refractivity contribution in [2.24, 2.45) is 5.92 Å². The smallest absolute Gasteiger partial charge is 0.0648 e. The molecular formula is C12H17ClN2. The largest absolute Gasteiger partial charge is 0.372 e. The van der Waals surface area contributed by atoms with Gasteiger partial charge in [-0.2, -0.15) is 0 Å². The van der Waals surface area contributed by atoms with Gasteiger partial charge in [0.25, 0.3) is 0 Å². The van der Waals surface area contributed by atoms with Gasteiger partial charge >= 0.3 is 0 Å². The number of halogens is 1. The van der Waals surface area contributed by atoms with E-state index in [1.807, 2.05) is 6.20 Å². The van der Waals surface area contributed by atoms with E-state index in [0.29, 0.717) is 11.9 Å². The quantitative estimate of drug-likeness (QED) is 0.731. The zero-order valence-electron chi connectivity index (χ0n) is 9.28. The molecular weight excluding hydrogens is 208 g/mol. The molecule has 3 heteroatoms. The van der Waals surface area contributed by atoms with E-state index in [1.54, 1.807) is 0 Å². The van der Waals surface area contributed by atoms with Crippen LogP contribution in [0.1, 0.15) is 25.5 Å². The average molecular weight is 225 g/mol. The first kappa shape index (κ1) is 10.7. The van der Waals surface area contributed by atoms with E-state index in [2.05, 4.69) is 36.0 Å². The van der Waals surface area contributed by atoms with Crippen LogP contribution >= 0.6 is 11.6 Å². The van der Waals surface area contributed by atoms with Gasteiger partial charge in [-0.15, -0.1) is 11.6 Å². The van der Waals surface area contributed by atoms with Crippen LogP contribution in [-0.2, 0) is 5.88 Å². The maximum Gasteiger partial charge on any atom is 0.0648 e. The Morgan fingerprint density at radius 3 is 2.93 bits per heavy atom. The Hall–Kier alpha value is -0.760. The van der Waals surface area contributed by atoms with Gasteiger partial charge in [0.05, 0.1) is 11.6 Å². The lowest BCUT2D eigenvalue weighted by molar-refractivity contribution is 0.609. The summed E-state index contributed by atoms with van der Waals surface area (Å²) in [6.07, 6.45) is 4.58. The van der Waals surface area contributed by atoms with E-state index < -0.39 is 0 Å². The van der Waals surface area contributed by atoms with Crippen molar-refractivity contribution in [3.63, 3.8) is 0 Å². The third-order valence-electron chi connectivity index (χ3n) is 3.26. The lowest BCUT2D eigenvalue weighted by Crippen LogP contribution is -2.30. The van der Waals surface area contributed by atoms with Crippen LogP contribution in [0.2, 0.25) is 0 Å². The number of alkyl halides is 1. The summed E-state index contributed by atoms with van der Waals surface area (Å²) in [7, 11) is 2.15. The Labute approximate surface area is 96.3 Å². The molecule has 1 atom stereocenters. The van der Waals surface area contributed by atoms with Gasteiger partial charge < -0.3 is 4.90 Å². The summed E-state index contributed by atoms with van der Waals surface area (Å²) in [5, 5.41) is 0. The molecule has 0 radical (unpaired) electrons. The molecule has 1 aromatic heterocycles. The number of pyridine rings is 1. The predicted octanol–water partition coefficient (Wildman–Crippen LogP) is 3.06. The maximum absolute atomic E-state index is 5.78. The molecule has 1 unspecified atom stereocenters. The van der Waals surface area contributed by atoms with Gasteiger partial charge in [-0.25, -0.2) is 0 Å². The normalized spacial score (nSPS) is 17.5. The number of hydrogen-bond acceptors (Lipinski definition) is 2. The number of nitrogens with zero attached hydrogens (tertiary/aromatic N) is 2. The Morgan fingerprint density at radius 2 is 2.33 bits per heavy atom. The van der Waals surface area contributed by atoms with Crippen LogP contribution in [0.25, 0.3) is 0 Å². The van der Waals surface area contributed by atoms with Gasteiger partial charge in [-0.1, -0.05) is 0 Å². The van der Waals surface area contributed by atoms with E-state index in [0.717, 1.165) is 11.6 Å². The first-order valence-corrected chi connectivity index (χ1v) is 5.99. The van der Waals surface area contributed by atoms with Crippen molar-refractivity contribution in [3.05, 3.63) is 24.0 Å². The number of hydrogen-bond donors (Lipinski definition) is 0. The Balaban J connectivity index is 2.12. The van der Waals surface area contributed by atoms with E-state index in [-0.39, 0.29) is 0 Å². The Morgan fingerprint density at radius 1 is 1.60 bits per heavy atom. The second-order valence-corrected chi connectivity index (χ2v) is 4.60. The van der Waals surface area contributed by atoms with Gasteiger partial charge in [-0.3, -0.25) is 4.98 Å². The van der Waals surface area contributed by atoms with Crippen LogP contribution in [0.5, 0.6) is 0 Å². The minimum Gasteiger partial charge on any atom is -0.372 e. The van der Waals surface area contributed by atoms with Crippen LogP contribution in [0.3, 0.4) is 0 Å². The van der Waals surface area contributed by atoms with Gasteiger partial charge in [0.2, 0.25) is 0 Å². The SMILES string of the molecule is CC(C1CC1)N(C)c1ccnc(CCl)c1. The topological polar surface area (TPSA) is 16.1 Å². The summed E-state index contributed by atoms with van der Waals surface area (Å²) >= 11 is 5.78. The molecule has 1 fully saturated rings. The van der Waals surface area contributed by atoms with Gasteiger partial charge in [-0.05, 0) is 37.8 Å². The van der Waals surface area contributed by atoms with Crippen LogP contribution in [0.15, 0.2) is 18.3 Å². The molecule has 0 amide bonds. The standard InChI is InChI=1S/C12H17ClN2/c1-9(10-3-4-10)15(2)12-5-6-14-11(7-12)8-13/h5-7,9-10H,3-4,8H2,1-2H3. The number of rotatable bonds is 4. The molecule has 82 valence electrons. The number of aromatic nitrogens is 1. The first-order valence-electron chi connectivity index (χ1n) is 5.46. The molecule has 2 nitrogen and oxygen atoms in total. The summed E-state index contributed by atoms with van der Waals surface area (Å²) in [4.78, 5) is 6.53. The Bertz CT molecular complexity index is 336. The summed E-state index contributed by atoms with van der Waals surface area (Å²) in [5.74, 6) is 1.36. The first-order chi connectivity index (χ1) is 7.22. The fourth-order valence-corrected chi connectivity index (χ4v) is 2.03. The molecule has 0 aromatic carbocycles. The van der Waals surface area contributed by atoms with Crippen molar-refractivity contribution < 1.29 is 0 Å². The molecule has 1 aromatic rings. The van der Waals surface area contributed by atoms with Crippen LogP contribution in [0.4, 0.5) is 5.69 Å². The lowest BCUT2D eigenvalue weighted by Gasteiger charge is -2.27. The minimum absolute atomic E-state index is 0.486. The van der Waals surface area contributed by atoms with Gasteiger partial charge in [0.1, 0.15) is 0 Å². The number of anilines is 1. The van der Waals surface area contributed by atoms with Gasteiger partial charge in [0, 0.05) is 25.0 Å². The lowest BCUT2D eigenvalue weighted by atomic mass is 10.1. The van der Waals surface area contributed by atoms with Crippen molar-refractivity contribution in [2.75, 3.05) is 11.9 Å². The van der Waals surface area contributed by atoms with Crippen LogP contribution in [0, 0.1) is 5.92 Å². The van der Waals surface area contributed by atoms with Crippen molar-refractivity contribution in [1.29, 1.82) is 0 Å². The molecule has 1 saturated carbocycles. The molecule has 0 spiro atoms. The summed E-state index contributed by atoms with van der Waals surface area (Å²) in [6.45, 7) is 2.29. The molecule has 15 heavy (non-hydrogen) atoms. The molecule has 0 saturated heterocycles. The second kappa shape index (κ2) is 4.40. The highest BCUT2D eigenvalue weighted by molar-refractivity contribution is 6.16. The summed E-state index contributed by atoms with van der Waals surface area (Å²) < 4.78 is 0. The zero-order valence-corrected chi connectivity index (χ0v) is 10.0. The van der Waals surface area contributed by atoms with E-state index in [9.17, 15) is 0 Å². The highest BCUT2D eigenvalue weighted by Gasteiger charge is 2.30. The fraction of sp³-hybridized carbons (Fsp3) is 0.583. The minimum atomic E-state index is 0.486. The third kappa shape index (κ3) is 2.43. The van der Waals surface area contributed by atoms with Crippen LogP contribution < -0.4 is 4.90 Å². The highest BCUT2D eigenvalue weighted by Crippen LogP contribution is 2.36. The Kier molecular flexibility index (Phi) is 3.15. The average Bonchev–Trinajstić information content (AvgIpc) is 3.11. The van der Waals surface area contributed by atoms with E-state index in [4.69, 9.17) is 11.6 Å². The van der Waals surface area contributed by atoms with Crippen molar-refractivity contribution >= 4 is 17.3 Å². The van der Waals surface area contributed by atoms with Crippen molar-refractivity contribution in [2.45, 2.75) is 31.7 Å². The van der Waals surface area contributed by atoms with E-state index >= 15 is 0 Å². The monoisotopic (exact) mass is 224 g/mol. The second-order valence-electron chi connectivity index (χ2n) is 4.33. The molecule has 0 bridgehead atoms. The fourth-order valence-electron chi connectivity index (χ4n) is 1.89. The third-order valence-corrected chi connectivity index (χ3v) is 3.53. The maximum atomic E-state index is 5.78. The van der Waals surface area contributed by atoms with Crippen molar-refractivity contribution in [3.8, 4) is 0 Å². The molecule has 0 aliphatic heterocycles. The van der Waals surface area contributed by atoms with Gasteiger partial charge in [0.15, 0.2) is 0 Å². The highest BCUT2D eigenvalue weighted by atomic mass is 35.5. The van der Waals surface area contributed by atoms with E-state index in [1.165, 1.54) is 18.5 Å². The molecule has 0 N–H and O–H groups in total. The summed E-state index contributed by atoms with van der Waals surface area (Å²) in [6, 6.07) is 4.75. The zero-order chi connectivity index (χ0) is 10.8. The predicted molar refractivity (Wildman–Crippen MR) is 64.4 cm³/mol. The molecule has 1 heterocycles. The van der Waals surface area contributed by atoms with Crippen LogP contribution in [-0.4, -0.2) is 18.1 Å². The van der Waals surface area contributed by atoms with Crippen molar-refractivity contribution in [1.82, 2.24) is 4.98 Å². The molecule has 2 rings (SSSR count). The molecule has 1 aliphatic rings. The molecule has 1 aliphatic carbocycles. The summed E-state index contributed by atoms with van der Waals surface area (Å²) in [5.41, 5.74) is 2.17.